The van der Waals surface area contributed by atoms with Gasteiger partial charge in [0.2, 0.25) is 5.91 Å². The van der Waals surface area contributed by atoms with E-state index >= 15 is 0 Å². The molecule has 0 unspecified atom stereocenters. The van der Waals surface area contributed by atoms with E-state index in [4.69, 9.17) is 4.74 Å². The number of hydrogen-bond donors (Lipinski definition) is 1. The Labute approximate surface area is 120 Å². The largest absolute Gasteiger partial charge is 0.381 e. The van der Waals surface area contributed by atoms with Gasteiger partial charge in [0.25, 0.3) is 0 Å². The van der Waals surface area contributed by atoms with Crippen molar-refractivity contribution in [2.75, 3.05) is 18.5 Å². The Morgan fingerprint density at radius 2 is 2.32 bits per heavy atom. The number of rotatable bonds is 5. The Hall–Kier alpha value is -1.46. The second-order valence-corrected chi connectivity index (χ2v) is 4.94. The Bertz CT molecular complexity index is 587. The smallest absolute Gasteiger partial charge is 0.226 e. The van der Waals surface area contributed by atoms with Crippen LogP contribution in [0.4, 0.5) is 5.69 Å². The fourth-order valence-corrected chi connectivity index (χ4v) is 2.11. The van der Waals surface area contributed by atoms with E-state index in [9.17, 15) is 4.79 Å². The van der Waals surface area contributed by atoms with Gasteiger partial charge in [-0.05, 0) is 35.0 Å². The topological polar surface area (TPSA) is 51.2 Å². The molecule has 1 amide bonds. The quantitative estimate of drug-likeness (QED) is 0.859. The first-order valence-corrected chi connectivity index (χ1v) is 6.92. The summed E-state index contributed by atoms with van der Waals surface area (Å²) in [5.41, 5.74) is 1.52. The van der Waals surface area contributed by atoms with Crippen molar-refractivity contribution in [2.45, 2.75) is 13.3 Å². The highest BCUT2D eigenvalue weighted by Crippen LogP contribution is 2.23. The number of pyridine rings is 1. The number of hydrogen-bond acceptors (Lipinski definition) is 3. The lowest BCUT2D eigenvalue weighted by Gasteiger charge is -2.08. The summed E-state index contributed by atoms with van der Waals surface area (Å²) < 4.78 is 6.08. The van der Waals surface area contributed by atoms with Crippen molar-refractivity contribution >= 4 is 38.4 Å². The Morgan fingerprint density at radius 1 is 1.47 bits per heavy atom. The molecule has 0 atom stereocenters. The molecular formula is C14H15BrN2O2. The van der Waals surface area contributed by atoms with Gasteiger partial charge in [-0.2, -0.15) is 0 Å². The van der Waals surface area contributed by atoms with E-state index in [2.05, 4.69) is 26.2 Å². The fraction of sp³-hybridized carbons (Fsp3) is 0.286. The summed E-state index contributed by atoms with van der Waals surface area (Å²) in [6.07, 6.45) is 2.07. The van der Waals surface area contributed by atoms with Gasteiger partial charge in [-0.25, -0.2) is 0 Å². The molecule has 0 aliphatic carbocycles. The lowest BCUT2D eigenvalue weighted by molar-refractivity contribution is -0.117. The van der Waals surface area contributed by atoms with E-state index in [-0.39, 0.29) is 5.91 Å². The molecule has 0 aliphatic heterocycles. The van der Waals surface area contributed by atoms with E-state index in [1.54, 1.807) is 6.20 Å². The number of fused-ring (bicyclic) bond motifs is 1. The van der Waals surface area contributed by atoms with Crippen LogP contribution in [0.5, 0.6) is 0 Å². The number of anilines is 1. The summed E-state index contributed by atoms with van der Waals surface area (Å²) in [4.78, 5) is 16.1. The number of nitrogens with one attached hydrogen (secondary N) is 1. The number of para-hydroxylation sites is 1. The molecule has 0 radical (unpaired) electrons. The van der Waals surface area contributed by atoms with E-state index in [1.807, 2.05) is 31.2 Å². The summed E-state index contributed by atoms with van der Waals surface area (Å²) >= 11 is 3.38. The number of carbonyl (C=O) groups is 1. The maximum atomic E-state index is 11.8. The van der Waals surface area contributed by atoms with Crippen LogP contribution in [0.2, 0.25) is 0 Å². The van der Waals surface area contributed by atoms with Crippen molar-refractivity contribution in [3.05, 3.63) is 34.9 Å². The van der Waals surface area contributed by atoms with Crippen LogP contribution < -0.4 is 5.32 Å². The van der Waals surface area contributed by atoms with Gasteiger partial charge in [0, 0.05) is 22.7 Å². The summed E-state index contributed by atoms with van der Waals surface area (Å²) in [6, 6.07) is 7.68. The first-order chi connectivity index (χ1) is 9.20. The van der Waals surface area contributed by atoms with E-state index in [1.165, 1.54) is 0 Å². The molecule has 1 aromatic heterocycles. The summed E-state index contributed by atoms with van der Waals surface area (Å²) in [5.74, 6) is -0.0642. The van der Waals surface area contributed by atoms with Crippen molar-refractivity contribution in [1.29, 1.82) is 0 Å². The molecule has 1 N–H and O–H groups in total. The van der Waals surface area contributed by atoms with Crippen molar-refractivity contribution in [3.63, 3.8) is 0 Å². The van der Waals surface area contributed by atoms with E-state index < -0.39 is 0 Å². The van der Waals surface area contributed by atoms with Crippen LogP contribution in [-0.4, -0.2) is 24.1 Å². The third kappa shape index (κ3) is 3.75. The molecule has 1 aromatic carbocycles. The molecule has 1 heterocycles. The normalized spacial score (nSPS) is 10.6. The third-order valence-corrected chi connectivity index (χ3v) is 3.06. The molecule has 0 spiro atoms. The van der Waals surface area contributed by atoms with Crippen molar-refractivity contribution < 1.29 is 9.53 Å². The number of benzene rings is 1. The maximum absolute atomic E-state index is 11.8. The summed E-state index contributed by atoms with van der Waals surface area (Å²) in [7, 11) is 0. The number of ether oxygens (including phenoxy) is 1. The standard InChI is InChI=1S/C14H15BrN2O2/c1-2-19-7-6-13(18)17-12-5-3-4-10-8-11(15)9-16-14(10)12/h3-5,8-9H,2,6-7H2,1H3,(H,17,18). The van der Waals surface area contributed by atoms with Gasteiger partial charge in [-0.3, -0.25) is 9.78 Å². The minimum absolute atomic E-state index is 0.0642. The Balaban J connectivity index is 2.14. The molecule has 0 saturated carbocycles. The fourth-order valence-electron chi connectivity index (χ4n) is 1.76. The monoisotopic (exact) mass is 322 g/mol. The lowest BCUT2D eigenvalue weighted by Crippen LogP contribution is -2.14. The highest BCUT2D eigenvalue weighted by molar-refractivity contribution is 9.10. The molecule has 0 bridgehead atoms. The predicted molar refractivity (Wildman–Crippen MR) is 79.2 cm³/mol. The molecule has 2 rings (SSSR count). The number of amides is 1. The number of nitrogens with zero attached hydrogens (tertiary/aromatic N) is 1. The van der Waals surface area contributed by atoms with Crippen LogP contribution in [0.1, 0.15) is 13.3 Å². The van der Waals surface area contributed by atoms with Crippen molar-refractivity contribution in [2.24, 2.45) is 0 Å². The van der Waals surface area contributed by atoms with Crippen LogP contribution in [0.3, 0.4) is 0 Å². The van der Waals surface area contributed by atoms with Gasteiger partial charge in [-0.1, -0.05) is 12.1 Å². The number of aromatic nitrogens is 1. The van der Waals surface area contributed by atoms with Gasteiger partial charge in [0.05, 0.1) is 24.2 Å². The molecule has 0 saturated heterocycles. The zero-order valence-corrected chi connectivity index (χ0v) is 12.2. The number of halogens is 1. The van der Waals surface area contributed by atoms with Gasteiger partial charge in [-0.15, -0.1) is 0 Å². The molecule has 4 nitrogen and oxygen atoms in total. The first-order valence-electron chi connectivity index (χ1n) is 6.12. The molecule has 5 heteroatoms. The molecule has 100 valence electrons. The van der Waals surface area contributed by atoms with Gasteiger partial charge >= 0.3 is 0 Å². The van der Waals surface area contributed by atoms with Crippen LogP contribution >= 0.6 is 15.9 Å². The van der Waals surface area contributed by atoms with Crippen molar-refractivity contribution in [1.82, 2.24) is 4.98 Å². The van der Waals surface area contributed by atoms with Crippen LogP contribution in [-0.2, 0) is 9.53 Å². The second-order valence-electron chi connectivity index (χ2n) is 4.03. The Kier molecular flexibility index (Phi) is 4.87. The SMILES string of the molecule is CCOCCC(=O)Nc1cccc2cc(Br)cnc12. The van der Waals surface area contributed by atoms with E-state index in [0.29, 0.717) is 19.6 Å². The van der Waals surface area contributed by atoms with Crippen LogP contribution in [0.15, 0.2) is 34.9 Å². The molecule has 0 aliphatic rings. The molecular weight excluding hydrogens is 308 g/mol. The van der Waals surface area contributed by atoms with Gasteiger partial charge in [0.15, 0.2) is 0 Å². The number of carbonyl (C=O) groups excluding carboxylic acids is 1. The maximum Gasteiger partial charge on any atom is 0.226 e. The van der Waals surface area contributed by atoms with E-state index in [0.717, 1.165) is 21.1 Å². The summed E-state index contributed by atoms with van der Waals surface area (Å²) in [5, 5.41) is 3.85. The van der Waals surface area contributed by atoms with Crippen LogP contribution in [0, 0.1) is 0 Å². The molecule has 0 fully saturated rings. The Morgan fingerprint density at radius 3 is 3.11 bits per heavy atom. The highest BCUT2D eigenvalue weighted by Gasteiger charge is 2.07. The van der Waals surface area contributed by atoms with Gasteiger partial charge < -0.3 is 10.1 Å². The molecule has 2 aromatic rings. The third-order valence-electron chi connectivity index (χ3n) is 2.63. The first kappa shape index (κ1) is 14.0. The minimum Gasteiger partial charge on any atom is -0.381 e. The average Bonchev–Trinajstić information content (AvgIpc) is 2.39. The zero-order chi connectivity index (χ0) is 13.7. The predicted octanol–water partition coefficient (Wildman–Crippen LogP) is 3.36. The highest BCUT2D eigenvalue weighted by atomic mass is 79.9. The lowest BCUT2D eigenvalue weighted by atomic mass is 10.2. The van der Waals surface area contributed by atoms with Gasteiger partial charge in [0.1, 0.15) is 0 Å². The summed E-state index contributed by atoms with van der Waals surface area (Å²) in [6.45, 7) is 2.97. The zero-order valence-electron chi connectivity index (χ0n) is 10.6. The minimum atomic E-state index is -0.0642. The molecule has 19 heavy (non-hydrogen) atoms. The average molecular weight is 323 g/mol. The van der Waals surface area contributed by atoms with Crippen LogP contribution in [0.25, 0.3) is 10.9 Å². The van der Waals surface area contributed by atoms with Crippen molar-refractivity contribution in [3.8, 4) is 0 Å². The second kappa shape index (κ2) is 6.63.